The largest absolute Gasteiger partial charge is 0.257 e. The lowest BCUT2D eigenvalue weighted by Crippen LogP contribution is -2.23. The van der Waals surface area contributed by atoms with Gasteiger partial charge in [-0.2, -0.15) is 0 Å². The van der Waals surface area contributed by atoms with Gasteiger partial charge in [0.2, 0.25) is 0 Å². The van der Waals surface area contributed by atoms with Crippen molar-refractivity contribution in [3.05, 3.63) is 26.1 Å². The van der Waals surface area contributed by atoms with Crippen molar-refractivity contribution in [2.45, 2.75) is 33.1 Å². The lowest BCUT2D eigenvalue weighted by molar-refractivity contribution is 0.728. The average Bonchev–Trinajstić information content (AvgIpc) is 2.34. The molecule has 0 fully saturated rings. The van der Waals surface area contributed by atoms with Gasteiger partial charge in [0.05, 0.1) is 5.69 Å². The Balaban J connectivity index is 2.79. The average molecular weight is 331 g/mol. The van der Waals surface area contributed by atoms with Crippen molar-refractivity contribution < 1.29 is 0 Å². The van der Waals surface area contributed by atoms with Gasteiger partial charge in [-0.1, -0.05) is 45.7 Å². The van der Waals surface area contributed by atoms with Crippen LogP contribution in [0.2, 0.25) is 0 Å². The third-order valence-electron chi connectivity index (χ3n) is 3.24. The molecule has 3 heteroatoms. The second-order valence-corrected chi connectivity index (χ2v) is 6.16. The first-order chi connectivity index (χ1) is 6.85. The van der Waals surface area contributed by atoms with Gasteiger partial charge in [-0.05, 0) is 25.5 Å². The van der Waals surface area contributed by atoms with Crippen LogP contribution in [-0.4, -0.2) is 5.71 Å². The van der Waals surface area contributed by atoms with E-state index in [1.54, 1.807) is 0 Å². The summed E-state index contributed by atoms with van der Waals surface area (Å²) < 4.78 is 2.29. The molecule has 0 aliphatic carbocycles. The number of nitrogens with zero attached hydrogens (tertiary/aromatic N) is 1. The van der Waals surface area contributed by atoms with Crippen LogP contribution >= 0.6 is 31.9 Å². The number of benzene rings is 1. The number of rotatable bonds is 0. The van der Waals surface area contributed by atoms with Crippen LogP contribution in [-0.2, 0) is 5.41 Å². The molecule has 15 heavy (non-hydrogen) atoms. The fraction of sp³-hybridized carbons (Fsp3) is 0.417. The van der Waals surface area contributed by atoms with E-state index in [1.165, 1.54) is 21.3 Å². The summed E-state index contributed by atoms with van der Waals surface area (Å²) in [5, 5.41) is 0. The summed E-state index contributed by atoms with van der Waals surface area (Å²) in [5.74, 6) is 0. The summed E-state index contributed by atoms with van der Waals surface area (Å²) in [4.78, 5) is 4.62. The Bertz CT molecular complexity index is 473. The minimum atomic E-state index is 0.0413. The van der Waals surface area contributed by atoms with E-state index in [4.69, 9.17) is 0 Å². The van der Waals surface area contributed by atoms with E-state index < -0.39 is 0 Å². The maximum atomic E-state index is 4.62. The lowest BCUT2D eigenvalue weighted by atomic mass is 9.82. The van der Waals surface area contributed by atoms with Crippen LogP contribution < -0.4 is 0 Å². The van der Waals surface area contributed by atoms with Gasteiger partial charge < -0.3 is 0 Å². The van der Waals surface area contributed by atoms with Crippen LogP contribution in [0.25, 0.3) is 0 Å². The second-order valence-electron chi connectivity index (χ2n) is 4.51. The van der Waals surface area contributed by atoms with Crippen LogP contribution in [0.15, 0.2) is 20.0 Å². The molecule has 0 amide bonds. The maximum Gasteiger partial charge on any atom is 0.0693 e. The summed E-state index contributed by atoms with van der Waals surface area (Å²) in [6, 6.07) is 2.10. The molecule has 1 aliphatic rings. The number of hydrogen-bond donors (Lipinski definition) is 0. The number of aliphatic imine (C=N–C) groups is 1. The predicted molar refractivity (Wildman–Crippen MR) is 72.4 cm³/mol. The van der Waals surface area contributed by atoms with Gasteiger partial charge in [0.1, 0.15) is 0 Å². The molecule has 0 aromatic heterocycles. The molecular formula is C12H13Br2N. The fourth-order valence-corrected chi connectivity index (χ4v) is 3.48. The Morgan fingerprint density at radius 1 is 1.20 bits per heavy atom. The molecule has 0 unspecified atom stereocenters. The highest BCUT2D eigenvalue weighted by molar-refractivity contribution is 9.11. The Labute approximate surface area is 107 Å². The van der Waals surface area contributed by atoms with Crippen molar-refractivity contribution in [3.63, 3.8) is 0 Å². The van der Waals surface area contributed by atoms with E-state index in [2.05, 4.69) is 70.6 Å². The van der Waals surface area contributed by atoms with Gasteiger partial charge in [-0.15, -0.1) is 0 Å². The molecule has 0 bridgehead atoms. The molecule has 1 heterocycles. The molecule has 1 nitrogen and oxygen atoms in total. The van der Waals surface area contributed by atoms with E-state index in [0.717, 1.165) is 10.2 Å². The Morgan fingerprint density at radius 2 is 1.80 bits per heavy atom. The molecule has 1 aliphatic heterocycles. The van der Waals surface area contributed by atoms with E-state index in [0.29, 0.717) is 0 Å². The molecular weight excluding hydrogens is 318 g/mol. The molecule has 1 aromatic carbocycles. The topological polar surface area (TPSA) is 12.4 Å². The van der Waals surface area contributed by atoms with Gasteiger partial charge in [0.25, 0.3) is 0 Å². The molecule has 0 atom stereocenters. The number of fused-ring (bicyclic) bond motifs is 1. The Morgan fingerprint density at radius 3 is 2.40 bits per heavy atom. The zero-order valence-electron chi connectivity index (χ0n) is 9.28. The first-order valence-electron chi connectivity index (χ1n) is 4.90. The van der Waals surface area contributed by atoms with Gasteiger partial charge >= 0.3 is 0 Å². The summed E-state index contributed by atoms with van der Waals surface area (Å²) in [6.07, 6.45) is 0. The fourth-order valence-electron chi connectivity index (χ4n) is 1.89. The molecule has 0 saturated heterocycles. The number of hydrogen-bond acceptors (Lipinski definition) is 1. The van der Waals surface area contributed by atoms with Crippen LogP contribution in [0, 0.1) is 6.92 Å². The summed E-state index contributed by atoms with van der Waals surface area (Å²) in [5.41, 5.74) is 4.85. The highest BCUT2D eigenvalue weighted by Crippen LogP contribution is 2.47. The lowest BCUT2D eigenvalue weighted by Gasteiger charge is -2.22. The predicted octanol–water partition coefficient (Wildman–Crippen LogP) is 4.90. The minimum absolute atomic E-state index is 0.0413. The highest BCUT2D eigenvalue weighted by atomic mass is 79.9. The van der Waals surface area contributed by atoms with E-state index in [-0.39, 0.29) is 5.41 Å². The van der Waals surface area contributed by atoms with Crippen molar-refractivity contribution in [1.82, 2.24) is 0 Å². The van der Waals surface area contributed by atoms with Crippen LogP contribution in [0.5, 0.6) is 0 Å². The summed E-state index contributed by atoms with van der Waals surface area (Å²) in [6.45, 7) is 8.64. The van der Waals surface area contributed by atoms with Gasteiger partial charge in [0.15, 0.2) is 0 Å². The molecule has 0 spiro atoms. The first kappa shape index (κ1) is 11.3. The molecule has 2 rings (SSSR count). The number of halogens is 2. The summed E-state index contributed by atoms with van der Waals surface area (Å²) >= 11 is 7.24. The van der Waals surface area contributed by atoms with Gasteiger partial charge in [-0.3, -0.25) is 4.99 Å². The van der Waals surface area contributed by atoms with Crippen molar-refractivity contribution >= 4 is 43.3 Å². The SMILES string of the molecule is CC1=Nc2cc(Br)c(C)c(Br)c2C1(C)C. The normalized spacial score (nSPS) is 17.6. The standard InChI is InChI=1S/C12H13Br2N/c1-6-8(13)5-9-10(11(6)14)12(3,4)7(2)15-9/h5H,1-4H3. The third-order valence-corrected chi connectivity index (χ3v) is 5.06. The van der Waals surface area contributed by atoms with Crippen molar-refractivity contribution in [2.24, 2.45) is 4.99 Å². The zero-order chi connectivity index (χ0) is 11.4. The molecule has 0 saturated carbocycles. The Kier molecular flexibility index (Phi) is 2.59. The molecule has 0 N–H and O–H groups in total. The molecule has 0 radical (unpaired) electrons. The van der Waals surface area contributed by atoms with Crippen LogP contribution in [0.4, 0.5) is 5.69 Å². The van der Waals surface area contributed by atoms with Crippen LogP contribution in [0.3, 0.4) is 0 Å². The van der Waals surface area contributed by atoms with E-state index >= 15 is 0 Å². The smallest absolute Gasteiger partial charge is 0.0693 e. The second kappa shape index (κ2) is 3.42. The van der Waals surface area contributed by atoms with Crippen molar-refractivity contribution in [1.29, 1.82) is 0 Å². The van der Waals surface area contributed by atoms with E-state index in [9.17, 15) is 0 Å². The quantitative estimate of drug-likeness (QED) is 0.641. The van der Waals surface area contributed by atoms with Gasteiger partial charge in [0, 0.05) is 25.6 Å². The Hall–Kier alpha value is -0.150. The van der Waals surface area contributed by atoms with E-state index in [1.807, 2.05) is 0 Å². The monoisotopic (exact) mass is 329 g/mol. The molecule has 1 aromatic rings. The summed E-state index contributed by atoms with van der Waals surface area (Å²) in [7, 11) is 0. The first-order valence-corrected chi connectivity index (χ1v) is 6.49. The molecule has 80 valence electrons. The van der Waals surface area contributed by atoms with Crippen LogP contribution in [0.1, 0.15) is 31.9 Å². The van der Waals surface area contributed by atoms with Crippen molar-refractivity contribution in [3.8, 4) is 0 Å². The maximum absolute atomic E-state index is 4.62. The highest BCUT2D eigenvalue weighted by Gasteiger charge is 2.35. The minimum Gasteiger partial charge on any atom is -0.257 e. The van der Waals surface area contributed by atoms with Gasteiger partial charge in [-0.25, -0.2) is 0 Å². The van der Waals surface area contributed by atoms with Crippen molar-refractivity contribution in [2.75, 3.05) is 0 Å². The zero-order valence-corrected chi connectivity index (χ0v) is 12.5. The third kappa shape index (κ3) is 1.51.